The van der Waals surface area contributed by atoms with Crippen LogP contribution in [0.4, 0.5) is 11.4 Å². The molecule has 39 heavy (non-hydrogen) atoms. The molecule has 0 amide bonds. The summed E-state index contributed by atoms with van der Waals surface area (Å²) in [6, 6.07) is 12.6. The molecular formula is C33H39NO5. The Morgan fingerprint density at radius 1 is 1.03 bits per heavy atom. The molecule has 6 nitrogen and oxygen atoms in total. The summed E-state index contributed by atoms with van der Waals surface area (Å²) in [5.74, 6) is 0.804. The molecule has 1 atom stereocenters. The van der Waals surface area contributed by atoms with E-state index in [1.165, 1.54) is 5.56 Å². The van der Waals surface area contributed by atoms with Crippen LogP contribution in [-0.4, -0.2) is 36.9 Å². The van der Waals surface area contributed by atoms with Crippen molar-refractivity contribution in [2.24, 2.45) is 0 Å². The molecule has 1 N–H and O–H groups in total. The van der Waals surface area contributed by atoms with Gasteiger partial charge in [0.2, 0.25) is 0 Å². The molecule has 2 heterocycles. The summed E-state index contributed by atoms with van der Waals surface area (Å²) >= 11 is 0. The van der Waals surface area contributed by atoms with Gasteiger partial charge in [0.1, 0.15) is 11.5 Å². The summed E-state index contributed by atoms with van der Waals surface area (Å²) in [5, 5.41) is 10.4. The molecule has 0 saturated heterocycles. The Hall–Kier alpha value is -3.51. The molecule has 206 valence electrons. The second kappa shape index (κ2) is 10.2. The normalized spacial score (nSPS) is 15.4. The van der Waals surface area contributed by atoms with Crippen molar-refractivity contribution in [2.75, 3.05) is 25.2 Å². The summed E-state index contributed by atoms with van der Waals surface area (Å²) < 4.78 is 17.8. The highest BCUT2D eigenvalue weighted by molar-refractivity contribution is 5.89. The van der Waals surface area contributed by atoms with Crippen LogP contribution in [0.1, 0.15) is 66.7 Å². The van der Waals surface area contributed by atoms with E-state index in [2.05, 4.69) is 42.2 Å². The lowest BCUT2D eigenvalue weighted by Gasteiger charge is -2.30. The minimum atomic E-state index is -1.09. The van der Waals surface area contributed by atoms with Gasteiger partial charge in [-0.1, -0.05) is 12.1 Å². The summed E-state index contributed by atoms with van der Waals surface area (Å²) in [7, 11) is 1.70. The number of methoxy groups -OCH3 is 1. The highest BCUT2D eigenvalue weighted by Gasteiger charge is 2.36. The minimum absolute atomic E-state index is 0.630. The van der Waals surface area contributed by atoms with Crippen LogP contribution in [0.2, 0.25) is 0 Å². The Bertz CT molecular complexity index is 1440. The van der Waals surface area contributed by atoms with Gasteiger partial charge in [-0.2, -0.15) is 0 Å². The average molecular weight is 530 g/mol. The molecule has 0 unspecified atom stereocenters. The SMILES string of the molecule is COc1cc(N2CCc3c2cc(C)c([C@H](OC(C)(C)C)C(=O)O)c3-c2ccc3c(c2C)CCCO3)ccc1C. The van der Waals surface area contributed by atoms with Crippen LogP contribution in [0.3, 0.4) is 0 Å². The average Bonchev–Trinajstić information content (AvgIpc) is 3.30. The van der Waals surface area contributed by atoms with E-state index < -0.39 is 17.7 Å². The van der Waals surface area contributed by atoms with E-state index in [1.807, 2.05) is 40.7 Å². The van der Waals surface area contributed by atoms with E-state index in [0.29, 0.717) is 0 Å². The maximum absolute atomic E-state index is 12.8. The zero-order valence-electron chi connectivity index (χ0n) is 24.1. The fourth-order valence-electron chi connectivity index (χ4n) is 6.05. The van der Waals surface area contributed by atoms with Crippen molar-refractivity contribution in [3.05, 3.63) is 69.8 Å². The maximum Gasteiger partial charge on any atom is 0.337 e. The Balaban J connectivity index is 1.77. The Labute approximate surface area is 231 Å². The first-order valence-corrected chi connectivity index (χ1v) is 13.7. The molecule has 0 fully saturated rings. The van der Waals surface area contributed by atoms with Crippen LogP contribution in [0.5, 0.6) is 11.5 Å². The topological polar surface area (TPSA) is 68.2 Å². The Morgan fingerprint density at radius 2 is 1.79 bits per heavy atom. The Morgan fingerprint density at radius 3 is 2.49 bits per heavy atom. The lowest BCUT2D eigenvalue weighted by atomic mass is 9.83. The summed E-state index contributed by atoms with van der Waals surface area (Å²) in [5.41, 5.74) is 9.81. The zero-order chi connectivity index (χ0) is 28.1. The number of hydrogen-bond donors (Lipinski definition) is 1. The first kappa shape index (κ1) is 27.1. The number of nitrogens with zero attached hydrogens (tertiary/aromatic N) is 1. The van der Waals surface area contributed by atoms with Crippen LogP contribution in [0.15, 0.2) is 36.4 Å². The van der Waals surface area contributed by atoms with Gasteiger partial charge < -0.3 is 24.2 Å². The van der Waals surface area contributed by atoms with E-state index in [9.17, 15) is 9.90 Å². The largest absolute Gasteiger partial charge is 0.496 e. The summed E-state index contributed by atoms with van der Waals surface area (Å²) in [4.78, 5) is 15.1. The third kappa shape index (κ3) is 4.98. The molecule has 0 spiro atoms. The number of carbonyl (C=O) groups is 1. The summed E-state index contributed by atoms with van der Waals surface area (Å²) in [6.45, 7) is 13.4. The van der Waals surface area contributed by atoms with Crippen LogP contribution < -0.4 is 14.4 Å². The van der Waals surface area contributed by atoms with E-state index >= 15 is 0 Å². The van der Waals surface area contributed by atoms with Gasteiger partial charge in [-0.15, -0.1) is 0 Å². The molecular weight excluding hydrogens is 490 g/mol. The zero-order valence-corrected chi connectivity index (χ0v) is 24.1. The third-order valence-electron chi connectivity index (χ3n) is 7.85. The predicted octanol–water partition coefficient (Wildman–Crippen LogP) is 7.25. The van der Waals surface area contributed by atoms with Crippen LogP contribution in [0.25, 0.3) is 11.1 Å². The minimum Gasteiger partial charge on any atom is -0.496 e. The molecule has 3 aromatic rings. The molecule has 2 aliphatic rings. The third-order valence-corrected chi connectivity index (χ3v) is 7.85. The van der Waals surface area contributed by atoms with Crippen molar-refractivity contribution in [1.82, 2.24) is 0 Å². The number of anilines is 2. The molecule has 0 radical (unpaired) electrons. The van der Waals surface area contributed by atoms with E-state index in [-0.39, 0.29) is 0 Å². The van der Waals surface area contributed by atoms with Crippen molar-refractivity contribution in [1.29, 1.82) is 0 Å². The number of ether oxygens (including phenoxy) is 3. The van der Waals surface area contributed by atoms with Gasteiger partial charge in [0.25, 0.3) is 0 Å². The lowest BCUT2D eigenvalue weighted by molar-refractivity contribution is -0.160. The number of carboxylic acid groups (broad SMARTS) is 1. The number of aliphatic carboxylic acids is 1. The number of aryl methyl sites for hydroxylation is 2. The first-order chi connectivity index (χ1) is 18.5. The second-order valence-corrected chi connectivity index (χ2v) is 11.7. The molecule has 5 rings (SSSR count). The number of hydrogen-bond acceptors (Lipinski definition) is 5. The van der Waals surface area contributed by atoms with E-state index in [0.717, 1.165) is 94.2 Å². The predicted molar refractivity (Wildman–Crippen MR) is 155 cm³/mol. The number of fused-ring (bicyclic) bond motifs is 2. The van der Waals surface area contributed by atoms with Gasteiger partial charge >= 0.3 is 5.97 Å². The lowest BCUT2D eigenvalue weighted by Crippen LogP contribution is -2.28. The fourth-order valence-corrected chi connectivity index (χ4v) is 6.05. The van der Waals surface area contributed by atoms with Crippen LogP contribution >= 0.6 is 0 Å². The Kier molecular flexibility index (Phi) is 7.10. The second-order valence-electron chi connectivity index (χ2n) is 11.7. The highest BCUT2D eigenvalue weighted by Crippen LogP contribution is 2.48. The molecule has 3 aromatic carbocycles. The van der Waals surface area contributed by atoms with Crippen molar-refractivity contribution < 1.29 is 24.1 Å². The smallest absolute Gasteiger partial charge is 0.337 e. The molecule has 6 heteroatoms. The number of rotatable bonds is 6. The van der Waals surface area contributed by atoms with E-state index in [1.54, 1.807) is 7.11 Å². The standard InChI is InChI=1S/C33H39NO5/c1-19-10-11-22(18-28(19)37-7)34-15-14-25-26(34)17-20(2)29(31(32(35)36)39-33(4,5)6)30(25)24-12-13-27-23(21(24)3)9-8-16-38-27/h10-13,17-18,31H,8-9,14-16H2,1-7H3,(H,35,36)/t31-/m0/s1. The number of benzene rings is 3. The first-order valence-electron chi connectivity index (χ1n) is 13.7. The maximum atomic E-state index is 12.8. The van der Waals surface area contributed by atoms with Gasteiger partial charge in [0.05, 0.1) is 19.3 Å². The van der Waals surface area contributed by atoms with Gasteiger partial charge in [-0.3, -0.25) is 0 Å². The highest BCUT2D eigenvalue weighted by atomic mass is 16.5. The van der Waals surface area contributed by atoms with Crippen molar-refractivity contribution >= 4 is 17.3 Å². The molecule has 0 aliphatic carbocycles. The summed E-state index contributed by atoms with van der Waals surface area (Å²) in [6.07, 6.45) is 1.63. The van der Waals surface area contributed by atoms with E-state index in [4.69, 9.17) is 14.2 Å². The van der Waals surface area contributed by atoms with Gasteiger partial charge in [-0.25, -0.2) is 4.79 Å². The monoisotopic (exact) mass is 529 g/mol. The molecule has 2 aliphatic heterocycles. The van der Waals surface area contributed by atoms with Crippen molar-refractivity contribution in [3.8, 4) is 22.6 Å². The van der Waals surface area contributed by atoms with Gasteiger partial charge in [0.15, 0.2) is 6.10 Å². The molecule has 0 bridgehead atoms. The van der Waals surface area contributed by atoms with Crippen molar-refractivity contribution in [2.45, 2.75) is 72.5 Å². The van der Waals surface area contributed by atoms with Gasteiger partial charge in [-0.05, 0) is 118 Å². The quantitative estimate of drug-likeness (QED) is 0.363. The number of carboxylic acids is 1. The molecule has 0 saturated carbocycles. The molecule has 0 aromatic heterocycles. The fraction of sp³-hybridized carbons (Fsp3) is 0.424. The van der Waals surface area contributed by atoms with Crippen LogP contribution in [-0.2, 0) is 22.4 Å². The van der Waals surface area contributed by atoms with Crippen molar-refractivity contribution in [3.63, 3.8) is 0 Å². The van der Waals surface area contributed by atoms with Crippen LogP contribution in [0, 0.1) is 20.8 Å². The van der Waals surface area contributed by atoms with Gasteiger partial charge in [0, 0.05) is 29.5 Å².